The molecule has 4 aliphatic rings. The second-order valence-electron chi connectivity index (χ2n) is 13.4. The molecule has 2 aliphatic carbocycles. The Balaban J connectivity index is 1.35. The van der Waals surface area contributed by atoms with Gasteiger partial charge in [0.15, 0.2) is 0 Å². The maximum Gasteiger partial charge on any atom is 0.410 e. The summed E-state index contributed by atoms with van der Waals surface area (Å²) in [4.78, 5) is 32.8. The van der Waals surface area contributed by atoms with Gasteiger partial charge in [0.2, 0.25) is 5.91 Å². The van der Waals surface area contributed by atoms with Crippen LogP contribution in [0.1, 0.15) is 83.1 Å². The second kappa shape index (κ2) is 11.0. The first-order valence-corrected chi connectivity index (χ1v) is 14.9. The Morgan fingerprint density at radius 3 is 2.36 bits per heavy atom. The van der Waals surface area contributed by atoms with Crippen LogP contribution in [0.15, 0.2) is 18.2 Å². The molecule has 5 rings (SSSR count). The Hall–Kier alpha value is -2.22. The van der Waals surface area contributed by atoms with Crippen LogP contribution in [0.5, 0.6) is 0 Å². The van der Waals surface area contributed by atoms with Crippen LogP contribution in [0.25, 0.3) is 0 Å². The summed E-state index contributed by atoms with van der Waals surface area (Å²) in [6.07, 6.45) is 8.92. The first-order valence-electron chi connectivity index (χ1n) is 14.9. The summed E-state index contributed by atoms with van der Waals surface area (Å²) in [6.45, 7) is 6.54. The van der Waals surface area contributed by atoms with E-state index in [0.717, 1.165) is 18.9 Å². The minimum Gasteiger partial charge on any atom is -0.447 e. The molecular weight excluding hydrogens is 500 g/mol. The molecule has 4 fully saturated rings. The van der Waals surface area contributed by atoms with Gasteiger partial charge in [-0.2, -0.15) is 0 Å². The van der Waals surface area contributed by atoms with Gasteiger partial charge in [-0.1, -0.05) is 25.3 Å². The van der Waals surface area contributed by atoms with E-state index in [1.807, 2.05) is 23.9 Å². The van der Waals surface area contributed by atoms with Crippen LogP contribution in [0.4, 0.5) is 13.6 Å². The maximum absolute atomic E-state index is 14.9. The van der Waals surface area contributed by atoms with E-state index >= 15 is 0 Å². The number of piperidine rings is 1. The van der Waals surface area contributed by atoms with Crippen molar-refractivity contribution in [3.63, 3.8) is 0 Å². The molecule has 0 N–H and O–H groups in total. The normalized spacial score (nSPS) is 29.2. The van der Waals surface area contributed by atoms with E-state index in [9.17, 15) is 18.4 Å². The van der Waals surface area contributed by atoms with Crippen molar-refractivity contribution < 1.29 is 23.1 Å². The van der Waals surface area contributed by atoms with E-state index in [4.69, 9.17) is 4.74 Å². The predicted molar refractivity (Wildman–Crippen MR) is 146 cm³/mol. The highest BCUT2D eigenvalue weighted by Gasteiger charge is 2.50. The van der Waals surface area contributed by atoms with Crippen molar-refractivity contribution in [1.82, 2.24) is 14.7 Å². The molecule has 2 saturated carbocycles. The molecule has 0 bridgehead atoms. The lowest BCUT2D eigenvalue weighted by Gasteiger charge is -2.51. The molecule has 6 nitrogen and oxygen atoms in total. The minimum absolute atomic E-state index is 0.0257. The van der Waals surface area contributed by atoms with Crippen LogP contribution >= 0.6 is 0 Å². The molecule has 0 spiro atoms. The van der Waals surface area contributed by atoms with E-state index in [-0.39, 0.29) is 40.8 Å². The number of ether oxygens (including phenoxy) is 1. The number of halogens is 2. The number of likely N-dealkylation sites (tertiary alicyclic amines) is 1. The summed E-state index contributed by atoms with van der Waals surface area (Å²) in [5.41, 5.74) is 0.0909. The Bertz CT molecular complexity index is 1060. The fourth-order valence-corrected chi connectivity index (χ4v) is 7.90. The second-order valence-corrected chi connectivity index (χ2v) is 13.4. The number of nitrogens with zero attached hydrogens (tertiary/aromatic N) is 3. The lowest BCUT2D eigenvalue weighted by molar-refractivity contribution is -0.139. The molecule has 1 aromatic rings. The molecule has 2 saturated heterocycles. The fraction of sp³-hybridized carbons (Fsp3) is 0.742. The van der Waals surface area contributed by atoms with Gasteiger partial charge in [-0.25, -0.2) is 13.6 Å². The topological polar surface area (TPSA) is 53.1 Å². The average Bonchev–Trinajstić information content (AvgIpc) is 3.46. The third-order valence-corrected chi connectivity index (χ3v) is 10.5. The van der Waals surface area contributed by atoms with Gasteiger partial charge in [-0.3, -0.25) is 9.69 Å². The number of amides is 2. The highest BCUT2D eigenvalue weighted by atomic mass is 19.1. The van der Waals surface area contributed by atoms with E-state index < -0.39 is 11.6 Å². The van der Waals surface area contributed by atoms with E-state index in [1.165, 1.54) is 44.2 Å². The number of carbonyl (C=O) groups excluding carboxylic acids is 2. The van der Waals surface area contributed by atoms with Gasteiger partial charge >= 0.3 is 6.09 Å². The van der Waals surface area contributed by atoms with E-state index in [1.54, 1.807) is 0 Å². The molecular formula is C31H45F2N3O3. The van der Waals surface area contributed by atoms with Gasteiger partial charge in [0.05, 0.1) is 5.54 Å². The summed E-state index contributed by atoms with van der Waals surface area (Å²) in [5, 5.41) is 0. The average molecular weight is 546 g/mol. The lowest BCUT2D eigenvalue weighted by atomic mass is 9.63. The molecule has 3 atom stereocenters. The fourth-order valence-electron chi connectivity index (χ4n) is 7.90. The van der Waals surface area contributed by atoms with Gasteiger partial charge in [-0.05, 0) is 95.3 Å². The molecule has 2 aliphatic heterocycles. The first kappa shape index (κ1) is 28.3. The summed E-state index contributed by atoms with van der Waals surface area (Å²) in [6, 6.07) is 3.93. The molecule has 2 amide bonds. The summed E-state index contributed by atoms with van der Waals surface area (Å²) in [7, 11) is 4.00. The standard InChI is InChI=1S/C31H45F2N3O3/c1-30(2)20-39-29(38)36(30)19-31(21-8-6-5-7-9-21)12-14-35(15-13-31)28(37)26-18-23(34(3)4)17-25(26)24-11-10-22(32)16-27(24)33/h10-11,16,21,23,25-26H,5-9,12-15,17-20H2,1-4H3/t23?,25?,26-/m1/s1. The quantitative estimate of drug-likeness (QED) is 0.453. The molecule has 2 unspecified atom stereocenters. The Labute approximate surface area is 232 Å². The van der Waals surface area contributed by atoms with Crippen molar-refractivity contribution >= 4 is 12.0 Å². The zero-order valence-electron chi connectivity index (χ0n) is 24.1. The molecule has 216 valence electrons. The van der Waals surface area contributed by atoms with E-state index in [2.05, 4.69) is 18.7 Å². The van der Waals surface area contributed by atoms with Crippen LogP contribution in [0, 0.1) is 28.9 Å². The third-order valence-electron chi connectivity index (χ3n) is 10.5. The zero-order valence-corrected chi connectivity index (χ0v) is 24.1. The molecule has 8 heteroatoms. The number of cyclic esters (lactones) is 1. The minimum atomic E-state index is -0.596. The number of hydrogen-bond donors (Lipinski definition) is 0. The van der Waals surface area contributed by atoms with Crippen molar-refractivity contribution in [3.8, 4) is 0 Å². The van der Waals surface area contributed by atoms with Crippen LogP contribution in [-0.2, 0) is 9.53 Å². The summed E-state index contributed by atoms with van der Waals surface area (Å²) < 4.78 is 34.0. The van der Waals surface area contributed by atoms with Crippen molar-refractivity contribution in [1.29, 1.82) is 0 Å². The molecule has 1 aromatic carbocycles. The molecule has 2 heterocycles. The highest BCUT2D eigenvalue weighted by molar-refractivity contribution is 5.80. The third kappa shape index (κ3) is 5.55. The van der Waals surface area contributed by atoms with Crippen molar-refractivity contribution in [2.45, 2.75) is 89.1 Å². The van der Waals surface area contributed by atoms with Crippen LogP contribution in [0.3, 0.4) is 0 Å². The first-order chi connectivity index (χ1) is 18.5. The van der Waals surface area contributed by atoms with Crippen LogP contribution in [-0.4, -0.2) is 78.6 Å². The van der Waals surface area contributed by atoms with E-state index in [0.29, 0.717) is 50.6 Å². The largest absolute Gasteiger partial charge is 0.447 e. The van der Waals surface area contributed by atoms with Crippen molar-refractivity contribution in [2.24, 2.45) is 17.3 Å². The van der Waals surface area contributed by atoms with Gasteiger partial charge in [0.25, 0.3) is 0 Å². The van der Waals surface area contributed by atoms with Gasteiger partial charge < -0.3 is 14.5 Å². The number of benzene rings is 1. The Morgan fingerprint density at radius 2 is 1.77 bits per heavy atom. The molecule has 39 heavy (non-hydrogen) atoms. The van der Waals surface area contributed by atoms with Crippen LogP contribution in [0.2, 0.25) is 0 Å². The number of rotatable bonds is 6. The highest BCUT2D eigenvalue weighted by Crippen LogP contribution is 2.49. The molecule has 0 radical (unpaired) electrons. The zero-order chi connectivity index (χ0) is 27.9. The van der Waals surface area contributed by atoms with Crippen molar-refractivity contribution in [2.75, 3.05) is 40.3 Å². The lowest BCUT2D eigenvalue weighted by Crippen LogP contribution is -2.55. The predicted octanol–water partition coefficient (Wildman–Crippen LogP) is 5.81. The van der Waals surface area contributed by atoms with Gasteiger partial charge in [0.1, 0.15) is 18.2 Å². The van der Waals surface area contributed by atoms with Gasteiger partial charge in [0, 0.05) is 37.7 Å². The summed E-state index contributed by atoms with van der Waals surface area (Å²) in [5.74, 6) is -1.12. The Kier molecular flexibility index (Phi) is 7.97. The van der Waals surface area contributed by atoms with Crippen molar-refractivity contribution in [3.05, 3.63) is 35.4 Å². The SMILES string of the molecule is CN(C)C1CC(c2ccc(F)cc2F)[C@H](C(=O)N2CCC(CN3C(=O)OCC3(C)C)(C3CCCCC3)CC2)C1. The number of carbonyl (C=O) groups is 2. The van der Waals surface area contributed by atoms with Crippen LogP contribution < -0.4 is 0 Å². The Morgan fingerprint density at radius 1 is 1.08 bits per heavy atom. The molecule has 0 aromatic heterocycles. The summed E-state index contributed by atoms with van der Waals surface area (Å²) >= 11 is 0. The monoisotopic (exact) mass is 545 g/mol. The van der Waals surface area contributed by atoms with Gasteiger partial charge in [-0.15, -0.1) is 0 Å². The number of hydrogen-bond acceptors (Lipinski definition) is 4. The smallest absolute Gasteiger partial charge is 0.410 e. The maximum atomic E-state index is 14.9.